The summed E-state index contributed by atoms with van der Waals surface area (Å²) in [6.07, 6.45) is 5.14. The minimum atomic E-state index is -1.13. The second-order valence-electron chi connectivity index (χ2n) is 9.98. The van der Waals surface area contributed by atoms with Crippen LogP contribution in [0.25, 0.3) is 0 Å². The van der Waals surface area contributed by atoms with Crippen molar-refractivity contribution < 1.29 is 18.8 Å². The van der Waals surface area contributed by atoms with Crippen LogP contribution in [0, 0.1) is 6.92 Å². The standard InChI is InChI=1S/C29H28N4O4/c1-19-11-13-21(14-12-19)23-17-24(25-10-6-16-37-25)33(31-23)26(34)18-32-27(35)29(30-28(32)36)15-5-4-8-20-7-2-3-9-22(20)29/h2-3,6-7,9-14,16,24H,4-5,8,15,17-18H2,1H3,(H,30,36). The summed E-state index contributed by atoms with van der Waals surface area (Å²) in [4.78, 5) is 41.6. The Kier molecular flexibility index (Phi) is 5.67. The summed E-state index contributed by atoms with van der Waals surface area (Å²) in [6.45, 7) is 1.62. The number of carbonyl (C=O) groups excluding carboxylic acids is 3. The Bertz CT molecular complexity index is 1400. The van der Waals surface area contributed by atoms with Gasteiger partial charge in [0.05, 0.1) is 12.0 Å². The van der Waals surface area contributed by atoms with Crippen molar-refractivity contribution in [1.82, 2.24) is 15.2 Å². The average Bonchev–Trinajstić information content (AvgIpc) is 3.60. The van der Waals surface area contributed by atoms with Gasteiger partial charge in [-0.2, -0.15) is 5.10 Å². The second kappa shape index (κ2) is 9.03. The van der Waals surface area contributed by atoms with Crippen LogP contribution in [-0.4, -0.2) is 40.0 Å². The number of hydrazone groups is 1. The van der Waals surface area contributed by atoms with E-state index in [4.69, 9.17) is 4.42 Å². The molecule has 1 saturated heterocycles. The van der Waals surface area contributed by atoms with Crippen LogP contribution in [-0.2, 0) is 21.5 Å². The molecule has 1 aromatic heterocycles. The van der Waals surface area contributed by atoms with Crippen molar-refractivity contribution in [2.24, 2.45) is 5.10 Å². The highest BCUT2D eigenvalue weighted by Gasteiger charge is 2.54. The SMILES string of the molecule is Cc1ccc(C2=NN(C(=O)CN3C(=O)NC4(CCCCc5ccccc54)C3=O)C(c3ccco3)C2)cc1. The van der Waals surface area contributed by atoms with E-state index in [0.717, 1.165) is 52.1 Å². The zero-order valence-electron chi connectivity index (χ0n) is 20.6. The summed E-state index contributed by atoms with van der Waals surface area (Å²) in [5.41, 5.74) is 3.56. The van der Waals surface area contributed by atoms with Crippen LogP contribution in [0.4, 0.5) is 4.79 Å². The molecule has 0 saturated carbocycles. The fourth-order valence-corrected chi connectivity index (χ4v) is 5.69. The Balaban J connectivity index is 1.29. The van der Waals surface area contributed by atoms with E-state index >= 15 is 0 Å². The fraction of sp³-hybridized carbons (Fsp3) is 0.310. The zero-order valence-corrected chi connectivity index (χ0v) is 20.6. The third-order valence-electron chi connectivity index (χ3n) is 7.62. The van der Waals surface area contributed by atoms with Gasteiger partial charge < -0.3 is 9.73 Å². The van der Waals surface area contributed by atoms with Crippen LogP contribution in [0.15, 0.2) is 76.4 Å². The van der Waals surface area contributed by atoms with E-state index < -0.39 is 30.1 Å². The number of nitrogens with zero attached hydrogens (tertiary/aromatic N) is 3. The molecule has 3 aromatic rings. The first-order chi connectivity index (χ1) is 18.0. The van der Waals surface area contributed by atoms with Crippen molar-refractivity contribution in [3.8, 4) is 0 Å². The van der Waals surface area contributed by atoms with Gasteiger partial charge in [-0.25, -0.2) is 9.80 Å². The molecule has 1 fully saturated rings. The van der Waals surface area contributed by atoms with Gasteiger partial charge in [0.2, 0.25) is 0 Å². The van der Waals surface area contributed by atoms with Crippen LogP contribution in [0.3, 0.4) is 0 Å². The normalized spacial score (nSPS) is 23.2. The van der Waals surface area contributed by atoms with Gasteiger partial charge in [0, 0.05) is 6.42 Å². The van der Waals surface area contributed by atoms with E-state index in [1.165, 1.54) is 5.01 Å². The van der Waals surface area contributed by atoms with Gasteiger partial charge in [-0.3, -0.25) is 14.5 Å². The van der Waals surface area contributed by atoms with Crippen molar-refractivity contribution in [2.45, 2.75) is 50.6 Å². The lowest BCUT2D eigenvalue weighted by Crippen LogP contribution is -2.45. The lowest BCUT2D eigenvalue weighted by Gasteiger charge is -2.27. The Hall–Kier alpha value is -4.20. The number of hydrogen-bond donors (Lipinski definition) is 1. The van der Waals surface area contributed by atoms with Crippen LogP contribution in [0.2, 0.25) is 0 Å². The summed E-state index contributed by atoms with van der Waals surface area (Å²) < 4.78 is 5.63. The minimum absolute atomic E-state index is 0.378. The summed E-state index contributed by atoms with van der Waals surface area (Å²) in [5.74, 6) is -0.215. The van der Waals surface area contributed by atoms with Crippen LogP contribution in [0.1, 0.15) is 59.7 Å². The Morgan fingerprint density at radius 1 is 1.08 bits per heavy atom. The summed E-state index contributed by atoms with van der Waals surface area (Å²) in [6, 6.07) is 18.3. The number of nitrogens with one attached hydrogen (secondary N) is 1. The Morgan fingerprint density at radius 3 is 2.68 bits per heavy atom. The van der Waals surface area contributed by atoms with Gasteiger partial charge in [0.25, 0.3) is 11.8 Å². The van der Waals surface area contributed by atoms with E-state index in [2.05, 4.69) is 10.4 Å². The van der Waals surface area contributed by atoms with E-state index in [0.29, 0.717) is 18.6 Å². The highest BCUT2D eigenvalue weighted by atomic mass is 16.3. The first-order valence-electron chi connectivity index (χ1n) is 12.7. The molecule has 2 aromatic carbocycles. The van der Waals surface area contributed by atoms with Crippen LogP contribution in [0.5, 0.6) is 0 Å². The molecular weight excluding hydrogens is 468 g/mol. The molecule has 2 unspecified atom stereocenters. The van der Waals surface area contributed by atoms with E-state index in [-0.39, 0.29) is 5.91 Å². The minimum Gasteiger partial charge on any atom is -0.467 e. The molecule has 8 heteroatoms. The van der Waals surface area contributed by atoms with E-state index in [1.54, 1.807) is 12.3 Å². The van der Waals surface area contributed by atoms with Crippen LogP contribution >= 0.6 is 0 Å². The lowest BCUT2D eigenvalue weighted by molar-refractivity contribution is -0.140. The van der Waals surface area contributed by atoms with E-state index in [1.807, 2.05) is 61.5 Å². The van der Waals surface area contributed by atoms with E-state index in [9.17, 15) is 14.4 Å². The highest BCUT2D eigenvalue weighted by Crippen LogP contribution is 2.39. The molecule has 6 rings (SSSR count). The molecule has 2 aliphatic heterocycles. The summed E-state index contributed by atoms with van der Waals surface area (Å²) in [7, 11) is 0. The zero-order chi connectivity index (χ0) is 25.6. The number of hydrogen-bond acceptors (Lipinski definition) is 5. The van der Waals surface area contributed by atoms with Gasteiger partial charge >= 0.3 is 6.03 Å². The average molecular weight is 497 g/mol. The monoisotopic (exact) mass is 496 g/mol. The molecule has 1 N–H and O–H groups in total. The maximum atomic E-state index is 13.8. The Labute approximate surface area is 214 Å². The predicted octanol–water partition coefficient (Wildman–Crippen LogP) is 4.44. The summed E-state index contributed by atoms with van der Waals surface area (Å²) >= 11 is 0. The largest absolute Gasteiger partial charge is 0.467 e. The van der Waals surface area contributed by atoms with Crippen molar-refractivity contribution in [3.05, 3.63) is 94.9 Å². The van der Waals surface area contributed by atoms with Crippen LogP contribution < -0.4 is 5.32 Å². The molecule has 37 heavy (non-hydrogen) atoms. The molecule has 2 atom stereocenters. The van der Waals surface area contributed by atoms with Gasteiger partial charge in [-0.15, -0.1) is 0 Å². The van der Waals surface area contributed by atoms with Gasteiger partial charge in [-0.05, 0) is 61.4 Å². The number of aryl methyl sites for hydroxylation is 2. The smallest absolute Gasteiger partial charge is 0.325 e. The predicted molar refractivity (Wildman–Crippen MR) is 137 cm³/mol. The molecule has 188 valence electrons. The molecule has 1 spiro atoms. The fourth-order valence-electron chi connectivity index (χ4n) is 5.69. The molecule has 3 aliphatic rings. The first kappa shape index (κ1) is 23.2. The molecule has 4 amide bonds. The number of imide groups is 1. The first-order valence-corrected chi connectivity index (χ1v) is 12.7. The number of carbonyl (C=O) groups is 3. The molecular formula is C29H28N4O4. The second-order valence-corrected chi connectivity index (χ2v) is 9.98. The van der Waals surface area contributed by atoms with Crippen molar-refractivity contribution in [1.29, 1.82) is 0 Å². The number of benzene rings is 2. The van der Waals surface area contributed by atoms with Crippen molar-refractivity contribution in [3.63, 3.8) is 0 Å². The number of rotatable bonds is 4. The van der Waals surface area contributed by atoms with Gasteiger partial charge in [0.15, 0.2) is 0 Å². The topological polar surface area (TPSA) is 95.2 Å². The quantitative estimate of drug-likeness (QED) is 0.540. The molecule has 1 aliphatic carbocycles. The third kappa shape index (κ3) is 3.93. The van der Waals surface area contributed by atoms with Crippen molar-refractivity contribution >= 4 is 23.6 Å². The summed E-state index contributed by atoms with van der Waals surface area (Å²) in [5, 5.41) is 8.96. The number of furan rings is 1. The van der Waals surface area contributed by atoms with Gasteiger partial charge in [-0.1, -0.05) is 54.1 Å². The Morgan fingerprint density at radius 2 is 1.89 bits per heavy atom. The molecule has 3 heterocycles. The maximum absolute atomic E-state index is 13.8. The number of amides is 4. The number of fused-ring (bicyclic) bond motifs is 2. The molecule has 8 nitrogen and oxygen atoms in total. The maximum Gasteiger partial charge on any atom is 0.325 e. The molecule has 0 radical (unpaired) electrons. The lowest BCUT2D eigenvalue weighted by atomic mass is 9.84. The highest BCUT2D eigenvalue weighted by molar-refractivity contribution is 6.10. The van der Waals surface area contributed by atoms with Crippen molar-refractivity contribution in [2.75, 3.05) is 6.54 Å². The molecule has 0 bridgehead atoms. The van der Waals surface area contributed by atoms with Gasteiger partial charge in [0.1, 0.15) is 23.9 Å². The third-order valence-corrected chi connectivity index (χ3v) is 7.62. The number of urea groups is 1.